The highest BCUT2D eigenvalue weighted by Crippen LogP contribution is 2.39. The summed E-state index contributed by atoms with van der Waals surface area (Å²) in [6.07, 6.45) is 0. The van der Waals surface area contributed by atoms with Crippen LogP contribution in [-0.4, -0.2) is 12.1 Å². The van der Waals surface area contributed by atoms with Crippen LogP contribution in [0.25, 0.3) is 22.0 Å². The van der Waals surface area contributed by atoms with Crippen LogP contribution in [0, 0.1) is 27.7 Å². The summed E-state index contributed by atoms with van der Waals surface area (Å²) < 4.78 is 5.52. The van der Waals surface area contributed by atoms with Crippen molar-refractivity contribution in [3.63, 3.8) is 0 Å². The van der Waals surface area contributed by atoms with Gasteiger partial charge in [0.15, 0.2) is 0 Å². The topological polar surface area (TPSA) is 42.1 Å². The summed E-state index contributed by atoms with van der Waals surface area (Å²) in [5.74, 6) is 0.701. The number of H-pyrrole nitrogens is 1. The molecule has 0 atom stereocenters. The van der Waals surface area contributed by atoms with E-state index in [-0.39, 0.29) is 5.56 Å². The summed E-state index contributed by atoms with van der Waals surface area (Å²) in [5.41, 5.74) is 6.65. The number of fused-ring (bicyclic) bond motifs is 1. The lowest BCUT2D eigenvalue weighted by Crippen LogP contribution is -2.12. The van der Waals surface area contributed by atoms with Gasteiger partial charge in [-0.25, -0.2) is 0 Å². The lowest BCUT2D eigenvalue weighted by Gasteiger charge is -2.18. The largest absolute Gasteiger partial charge is 0.496 e. The molecule has 0 fully saturated rings. The first-order chi connectivity index (χ1) is 11.3. The van der Waals surface area contributed by atoms with Crippen molar-refractivity contribution in [2.45, 2.75) is 27.7 Å². The van der Waals surface area contributed by atoms with Crippen molar-refractivity contribution in [2.75, 3.05) is 7.11 Å². The smallest absolute Gasteiger partial charge is 0.251 e. The number of hydrogen-bond acceptors (Lipinski definition) is 2. The van der Waals surface area contributed by atoms with E-state index in [4.69, 9.17) is 16.3 Å². The van der Waals surface area contributed by atoms with Crippen molar-refractivity contribution in [1.82, 2.24) is 4.98 Å². The third-order valence-corrected chi connectivity index (χ3v) is 5.04. The molecule has 0 radical (unpaired) electrons. The highest BCUT2D eigenvalue weighted by molar-refractivity contribution is 6.31. The summed E-state index contributed by atoms with van der Waals surface area (Å²) in [7, 11) is 1.62. The summed E-state index contributed by atoms with van der Waals surface area (Å²) >= 11 is 6.22. The molecule has 1 heterocycles. The molecule has 3 nitrogen and oxygen atoms in total. The number of nitrogens with one attached hydrogen (secondary N) is 1. The number of ether oxygens (including phenoxy) is 1. The van der Waals surface area contributed by atoms with Crippen LogP contribution in [0.15, 0.2) is 29.1 Å². The minimum Gasteiger partial charge on any atom is -0.496 e. The van der Waals surface area contributed by atoms with Crippen LogP contribution >= 0.6 is 11.6 Å². The van der Waals surface area contributed by atoms with E-state index in [1.807, 2.05) is 25.1 Å². The molecule has 3 aromatic rings. The van der Waals surface area contributed by atoms with Crippen LogP contribution in [0.3, 0.4) is 0 Å². The third kappa shape index (κ3) is 2.49. The van der Waals surface area contributed by atoms with E-state index in [2.05, 4.69) is 25.8 Å². The van der Waals surface area contributed by atoms with E-state index in [1.165, 1.54) is 5.56 Å². The average Bonchev–Trinajstić information content (AvgIpc) is 2.55. The fraction of sp³-hybridized carbons (Fsp3) is 0.250. The van der Waals surface area contributed by atoms with Gasteiger partial charge in [0.05, 0.1) is 7.11 Å². The molecule has 24 heavy (non-hydrogen) atoms. The molecule has 0 saturated heterocycles. The Morgan fingerprint density at radius 3 is 2.38 bits per heavy atom. The molecule has 0 aliphatic carbocycles. The van der Waals surface area contributed by atoms with Gasteiger partial charge in [-0.1, -0.05) is 11.6 Å². The highest BCUT2D eigenvalue weighted by atomic mass is 35.5. The van der Waals surface area contributed by atoms with Gasteiger partial charge in [-0.3, -0.25) is 4.79 Å². The molecule has 124 valence electrons. The molecule has 0 unspecified atom stereocenters. The second kappa shape index (κ2) is 5.99. The summed E-state index contributed by atoms with van der Waals surface area (Å²) in [4.78, 5) is 15.5. The number of methoxy groups -OCH3 is 1. The Morgan fingerprint density at radius 2 is 1.71 bits per heavy atom. The maximum Gasteiger partial charge on any atom is 0.251 e. The number of aromatic nitrogens is 1. The van der Waals surface area contributed by atoms with Gasteiger partial charge in [-0.15, -0.1) is 0 Å². The number of hydrogen-bond donors (Lipinski definition) is 1. The van der Waals surface area contributed by atoms with Gasteiger partial charge in [-0.2, -0.15) is 0 Å². The number of aromatic amines is 1. The molecule has 0 aliphatic rings. The number of pyridine rings is 1. The maximum absolute atomic E-state index is 12.5. The number of aryl methyl sites for hydroxylation is 2. The maximum atomic E-state index is 12.5. The zero-order valence-corrected chi connectivity index (χ0v) is 15.3. The minimum atomic E-state index is -0.0952. The first-order valence-corrected chi connectivity index (χ1v) is 8.20. The van der Waals surface area contributed by atoms with Crippen molar-refractivity contribution in [2.24, 2.45) is 0 Å². The van der Waals surface area contributed by atoms with E-state index in [9.17, 15) is 4.79 Å². The standard InChI is InChI=1S/C20H20ClNO2/c1-10-8-16-19(12(3)11(10)2)18(13(4)20(23)22-16)15-9-14(21)6-7-17(15)24-5/h6-9H,1-5H3,(H,22,23). The SMILES string of the molecule is COc1ccc(Cl)cc1-c1c(C)c(=O)[nH]c2cc(C)c(C)c(C)c12. The van der Waals surface area contributed by atoms with Gasteiger partial charge >= 0.3 is 0 Å². The van der Waals surface area contributed by atoms with E-state index >= 15 is 0 Å². The second-order valence-corrected chi connectivity index (χ2v) is 6.60. The molecule has 2 aromatic carbocycles. The average molecular weight is 342 g/mol. The van der Waals surface area contributed by atoms with Gasteiger partial charge in [0.25, 0.3) is 5.56 Å². The first-order valence-electron chi connectivity index (χ1n) is 7.82. The normalized spacial score (nSPS) is 11.1. The molecule has 1 aromatic heterocycles. The zero-order valence-electron chi connectivity index (χ0n) is 14.5. The molecule has 0 spiro atoms. The molecule has 3 rings (SSSR count). The van der Waals surface area contributed by atoms with Crippen LogP contribution < -0.4 is 10.3 Å². The Morgan fingerprint density at radius 1 is 1.00 bits per heavy atom. The van der Waals surface area contributed by atoms with Crippen molar-refractivity contribution in [3.8, 4) is 16.9 Å². The predicted octanol–water partition coefficient (Wildman–Crippen LogP) is 5.09. The quantitative estimate of drug-likeness (QED) is 0.705. The molecule has 1 N–H and O–H groups in total. The van der Waals surface area contributed by atoms with Crippen molar-refractivity contribution in [3.05, 3.63) is 61.9 Å². The van der Waals surface area contributed by atoms with Gasteiger partial charge < -0.3 is 9.72 Å². The lowest BCUT2D eigenvalue weighted by atomic mass is 9.90. The van der Waals surface area contributed by atoms with E-state index in [1.54, 1.807) is 13.2 Å². The van der Waals surface area contributed by atoms with Gasteiger partial charge in [0.1, 0.15) is 5.75 Å². The Bertz CT molecular complexity index is 1020. The monoisotopic (exact) mass is 341 g/mol. The molecule has 0 saturated carbocycles. The third-order valence-electron chi connectivity index (χ3n) is 4.80. The van der Waals surface area contributed by atoms with Crippen molar-refractivity contribution < 1.29 is 4.74 Å². The van der Waals surface area contributed by atoms with Gasteiger partial charge in [-0.05, 0) is 68.7 Å². The lowest BCUT2D eigenvalue weighted by molar-refractivity contribution is 0.416. The summed E-state index contributed by atoms with van der Waals surface area (Å²) in [5, 5.41) is 1.65. The van der Waals surface area contributed by atoms with E-state index < -0.39 is 0 Å². The van der Waals surface area contributed by atoms with Crippen molar-refractivity contribution >= 4 is 22.5 Å². The van der Waals surface area contributed by atoms with E-state index in [0.29, 0.717) is 16.3 Å². The Kier molecular flexibility index (Phi) is 4.14. The Labute approximate surface area is 146 Å². The zero-order chi connectivity index (χ0) is 17.6. The van der Waals surface area contributed by atoms with Crippen LogP contribution in [0.5, 0.6) is 5.75 Å². The second-order valence-electron chi connectivity index (χ2n) is 6.16. The molecule has 4 heteroatoms. The van der Waals surface area contributed by atoms with Crippen LogP contribution in [0.2, 0.25) is 5.02 Å². The van der Waals surface area contributed by atoms with Crippen LogP contribution in [0.1, 0.15) is 22.3 Å². The molecule has 0 bridgehead atoms. The Balaban J connectivity index is 2.57. The van der Waals surface area contributed by atoms with Crippen molar-refractivity contribution in [1.29, 1.82) is 0 Å². The number of rotatable bonds is 2. The number of halogens is 1. The van der Waals surface area contributed by atoms with Gasteiger partial charge in [0, 0.05) is 32.6 Å². The van der Waals surface area contributed by atoms with E-state index in [0.717, 1.165) is 33.2 Å². The summed E-state index contributed by atoms with van der Waals surface area (Å²) in [6.45, 7) is 8.08. The van der Waals surface area contributed by atoms with Crippen LogP contribution in [-0.2, 0) is 0 Å². The molecular formula is C20H20ClNO2. The fourth-order valence-electron chi connectivity index (χ4n) is 3.23. The minimum absolute atomic E-state index is 0.0952. The molecule has 0 amide bonds. The van der Waals surface area contributed by atoms with Crippen LogP contribution in [0.4, 0.5) is 0 Å². The summed E-state index contributed by atoms with van der Waals surface area (Å²) in [6, 6.07) is 7.51. The fourth-order valence-corrected chi connectivity index (χ4v) is 3.40. The first kappa shape index (κ1) is 16.6. The molecular weight excluding hydrogens is 322 g/mol. The number of benzene rings is 2. The molecule has 0 aliphatic heterocycles. The predicted molar refractivity (Wildman–Crippen MR) is 101 cm³/mol. The van der Waals surface area contributed by atoms with Gasteiger partial charge in [0.2, 0.25) is 0 Å². The highest BCUT2D eigenvalue weighted by Gasteiger charge is 2.18. The Hall–Kier alpha value is -2.26.